The molecule has 0 unspecified atom stereocenters. The van der Waals surface area contributed by atoms with Gasteiger partial charge >= 0.3 is 5.95 Å². The quantitative estimate of drug-likeness (QED) is 0.530. The van der Waals surface area contributed by atoms with Crippen molar-refractivity contribution in [3.8, 4) is 17.0 Å². The fraction of sp³-hybridized carbons (Fsp3) is 0.143. The second-order valence-corrected chi connectivity index (χ2v) is 4.49. The summed E-state index contributed by atoms with van der Waals surface area (Å²) in [5, 5.41) is 14.8. The maximum absolute atomic E-state index is 10.8. The van der Waals surface area contributed by atoms with E-state index in [2.05, 4.69) is 10.1 Å². The van der Waals surface area contributed by atoms with E-state index in [9.17, 15) is 10.1 Å². The third-order valence-corrected chi connectivity index (χ3v) is 3.12. The van der Waals surface area contributed by atoms with Crippen LogP contribution >= 0.6 is 0 Å². The number of ether oxygens (including phenoxy) is 1. The first-order chi connectivity index (χ1) is 10.7. The average molecular weight is 300 g/mol. The van der Waals surface area contributed by atoms with Gasteiger partial charge in [0.25, 0.3) is 0 Å². The second-order valence-electron chi connectivity index (χ2n) is 4.49. The second kappa shape index (κ2) is 5.68. The summed E-state index contributed by atoms with van der Waals surface area (Å²) in [5.74, 6) is 0.924. The molecule has 0 N–H and O–H groups in total. The van der Waals surface area contributed by atoms with Crippen LogP contribution in [-0.4, -0.2) is 26.7 Å². The molecule has 8 nitrogen and oxygen atoms in total. The van der Waals surface area contributed by atoms with Crippen LogP contribution < -0.4 is 4.74 Å². The summed E-state index contributed by atoms with van der Waals surface area (Å²) in [4.78, 5) is 14.0. The predicted molar refractivity (Wildman–Crippen MR) is 76.5 cm³/mol. The lowest BCUT2D eigenvalue weighted by atomic mass is 10.1. The number of nitrogens with zero attached hydrogens (tertiary/aromatic N) is 4. The molecule has 112 valence electrons. The number of benzene rings is 1. The fourth-order valence-electron chi connectivity index (χ4n) is 2.14. The van der Waals surface area contributed by atoms with Gasteiger partial charge in [0, 0.05) is 11.6 Å². The van der Waals surface area contributed by atoms with E-state index in [4.69, 9.17) is 9.26 Å². The van der Waals surface area contributed by atoms with E-state index < -0.39 is 4.92 Å². The van der Waals surface area contributed by atoms with E-state index in [1.54, 1.807) is 13.2 Å². The largest absolute Gasteiger partial charge is 0.496 e. The highest BCUT2D eigenvalue weighted by atomic mass is 16.6. The molecular weight excluding hydrogens is 288 g/mol. The van der Waals surface area contributed by atoms with Crippen LogP contribution in [0.3, 0.4) is 0 Å². The summed E-state index contributed by atoms with van der Waals surface area (Å²) < 4.78 is 11.9. The summed E-state index contributed by atoms with van der Waals surface area (Å²) in [6.07, 6.45) is 2.89. The molecular formula is C14H12N4O4. The molecule has 0 aliphatic heterocycles. The molecule has 0 radical (unpaired) electrons. The number of para-hydroxylation sites is 1. The Balaban J connectivity index is 1.88. The van der Waals surface area contributed by atoms with Crippen LogP contribution in [-0.2, 0) is 6.54 Å². The van der Waals surface area contributed by atoms with Crippen molar-refractivity contribution in [2.45, 2.75) is 6.54 Å². The van der Waals surface area contributed by atoms with Crippen molar-refractivity contribution in [1.82, 2.24) is 14.7 Å². The van der Waals surface area contributed by atoms with Crippen LogP contribution in [0.15, 0.2) is 47.2 Å². The SMILES string of the molecule is COc1ccccc1-c1cc(Cn2ccnc2[N+](=O)[O-])on1. The van der Waals surface area contributed by atoms with Gasteiger partial charge in [0.2, 0.25) is 0 Å². The maximum Gasteiger partial charge on any atom is 0.434 e. The summed E-state index contributed by atoms with van der Waals surface area (Å²) in [5.41, 5.74) is 1.40. The van der Waals surface area contributed by atoms with Gasteiger partial charge in [-0.3, -0.25) is 0 Å². The number of imidazole rings is 1. The third kappa shape index (κ3) is 2.53. The lowest BCUT2D eigenvalue weighted by molar-refractivity contribution is -0.396. The standard InChI is InChI=1S/C14H12N4O4/c1-21-13-5-3-2-4-11(13)12-8-10(22-16-12)9-17-7-6-15-14(17)18(19)20/h2-8H,9H2,1H3. The van der Waals surface area contributed by atoms with Gasteiger partial charge < -0.3 is 19.4 Å². The molecule has 0 bridgehead atoms. The van der Waals surface area contributed by atoms with Gasteiger partial charge in [-0.25, -0.2) is 4.57 Å². The molecule has 0 spiro atoms. The van der Waals surface area contributed by atoms with Crippen molar-refractivity contribution in [2.24, 2.45) is 0 Å². The van der Waals surface area contributed by atoms with E-state index in [0.717, 1.165) is 5.56 Å². The molecule has 22 heavy (non-hydrogen) atoms. The zero-order valence-electron chi connectivity index (χ0n) is 11.7. The number of hydrogen-bond acceptors (Lipinski definition) is 6. The van der Waals surface area contributed by atoms with E-state index in [1.165, 1.54) is 17.0 Å². The molecule has 8 heteroatoms. The van der Waals surface area contributed by atoms with Crippen LogP contribution in [0.5, 0.6) is 5.75 Å². The molecule has 0 aliphatic carbocycles. The van der Waals surface area contributed by atoms with Crippen molar-refractivity contribution in [3.63, 3.8) is 0 Å². The molecule has 2 heterocycles. The summed E-state index contributed by atoms with van der Waals surface area (Å²) in [7, 11) is 1.58. The zero-order valence-corrected chi connectivity index (χ0v) is 11.7. The Morgan fingerprint density at radius 1 is 1.41 bits per heavy atom. The summed E-state index contributed by atoms with van der Waals surface area (Å²) in [6, 6.07) is 9.14. The highest BCUT2D eigenvalue weighted by Gasteiger charge is 2.17. The van der Waals surface area contributed by atoms with Crippen LogP contribution in [0.4, 0.5) is 5.95 Å². The summed E-state index contributed by atoms with van der Waals surface area (Å²) >= 11 is 0. The Kier molecular flexibility index (Phi) is 3.57. The Labute approximate surface area is 125 Å². The Bertz CT molecular complexity index is 809. The Morgan fingerprint density at radius 3 is 3.00 bits per heavy atom. The van der Waals surface area contributed by atoms with Crippen molar-refractivity contribution in [3.05, 3.63) is 58.6 Å². The number of aromatic nitrogens is 3. The van der Waals surface area contributed by atoms with Gasteiger partial charge in [0.15, 0.2) is 5.76 Å². The Hall–Kier alpha value is -3.16. The number of nitro groups is 1. The minimum absolute atomic E-state index is 0.179. The number of rotatable bonds is 5. The average Bonchev–Trinajstić information content (AvgIpc) is 3.17. The molecule has 3 aromatic rings. The monoisotopic (exact) mass is 300 g/mol. The van der Waals surface area contributed by atoms with E-state index in [1.807, 2.05) is 24.3 Å². The van der Waals surface area contributed by atoms with Gasteiger partial charge in [-0.15, -0.1) is 0 Å². The molecule has 0 atom stereocenters. The summed E-state index contributed by atoms with van der Waals surface area (Å²) in [6.45, 7) is 0.179. The topological polar surface area (TPSA) is 96.2 Å². The van der Waals surface area contributed by atoms with E-state index in [-0.39, 0.29) is 12.5 Å². The van der Waals surface area contributed by atoms with Crippen LogP contribution in [0, 0.1) is 10.1 Å². The molecule has 0 saturated carbocycles. The zero-order chi connectivity index (χ0) is 15.5. The minimum atomic E-state index is -0.544. The molecule has 0 saturated heterocycles. The molecule has 0 aliphatic rings. The lowest BCUT2D eigenvalue weighted by Gasteiger charge is -2.03. The van der Waals surface area contributed by atoms with Gasteiger partial charge in [0.05, 0.1) is 7.11 Å². The van der Waals surface area contributed by atoms with Crippen molar-refractivity contribution < 1.29 is 14.2 Å². The van der Waals surface area contributed by atoms with Gasteiger partial charge in [-0.2, -0.15) is 0 Å². The number of hydrogen-bond donors (Lipinski definition) is 0. The highest BCUT2D eigenvalue weighted by molar-refractivity contribution is 5.66. The van der Waals surface area contributed by atoms with E-state index in [0.29, 0.717) is 17.2 Å². The first kappa shape index (κ1) is 13.8. The molecule has 1 aromatic carbocycles. The van der Waals surface area contributed by atoms with Gasteiger partial charge in [-0.1, -0.05) is 22.3 Å². The molecule has 2 aromatic heterocycles. The van der Waals surface area contributed by atoms with Crippen LogP contribution in [0.1, 0.15) is 5.76 Å². The third-order valence-electron chi connectivity index (χ3n) is 3.12. The first-order valence-corrected chi connectivity index (χ1v) is 6.43. The van der Waals surface area contributed by atoms with Crippen LogP contribution in [0.25, 0.3) is 11.3 Å². The molecule has 3 rings (SSSR count). The van der Waals surface area contributed by atoms with E-state index >= 15 is 0 Å². The first-order valence-electron chi connectivity index (χ1n) is 6.43. The van der Waals surface area contributed by atoms with Crippen molar-refractivity contribution in [1.29, 1.82) is 0 Å². The van der Waals surface area contributed by atoms with Gasteiger partial charge in [-0.05, 0) is 17.1 Å². The minimum Gasteiger partial charge on any atom is -0.496 e. The maximum atomic E-state index is 10.8. The molecule has 0 fully saturated rings. The Morgan fingerprint density at radius 2 is 2.23 bits per heavy atom. The number of methoxy groups -OCH3 is 1. The van der Waals surface area contributed by atoms with Crippen molar-refractivity contribution >= 4 is 5.95 Å². The fourth-order valence-corrected chi connectivity index (χ4v) is 2.14. The lowest BCUT2D eigenvalue weighted by Crippen LogP contribution is -2.03. The predicted octanol–water partition coefficient (Wildman–Crippen LogP) is 2.50. The van der Waals surface area contributed by atoms with Gasteiger partial charge in [0.1, 0.15) is 30.4 Å². The normalized spacial score (nSPS) is 10.6. The highest BCUT2D eigenvalue weighted by Crippen LogP contribution is 2.29. The smallest absolute Gasteiger partial charge is 0.434 e. The van der Waals surface area contributed by atoms with Crippen molar-refractivity contribution in [2.75, 3.05) is 7.11 Å². The molecule has 0 amide bonds. The van der Waals surface area contributed by atoms with Crippen LogP contribution in [0.2, 0.25) is 0 Å².